The third-order valence-corrected chi connectivity index (χ3v) is 3.27. The molecule has 0 heterocycles. The van der Waals surface area contributed by atoms with Crippen molar-refractivity contribution in [3.63, 3.8) is 0 Å². The lowest BCUT2D eigenvalue weighted by Gasteiger charge is -2.19. The van der Waals surface area contributed by atoms with Crippen LogP contribution in [-0.2, 0) is 0 Å². The van der Waals surface area contributed by atoms with Gasteiger partial charge in [-0.1, -0.05) is 37.0 Å². The molecule has 18 heavy (non-hydrogen) atoms. The molecule has 96 valence electrons. The van der Waals surface area contributed by atoms with Crippen molar-refractivity contribution in [3.8, 4) is 11.8 Å². The first kappa shape index (κ1) is 13.1. The average Bonchev–Trinajstić information content (AvgIpc) is 3.24. The molecule has 0 amide bonds. The van der Waals surface area contributed by atoms with E-state index in [2.05, 4.69) is 29.0 Å². The van der Waals surface area contributed by atoms with Gasteiger partial charge in [-0.05, 0) is 31.5 Å². The van der Waals surface area contributed by atoms with E-state index >= 15 is 0 Å². The van der Waals surface area contributed by atoms with Gasteiger partial charge in [-0.25, -0.2) is 0 Å². The summed E-state index contributed by atoms with van der Waals surface area (Å²) in [6.07, 6.45) is 2.78. The summed E-state index contributed by atoms with van der Waals surface area (Å²) in [5, 5.41) is 3.39. The molecule has 2 rings (SSSR count). The number of nitrogens with one attached hydrogen (secondary N) is 1. The van der Waals surface area contributed by atoms with E-state index in [-0.39, 0.29) is 0 Å². The molecule has 0 spiro atoms. The molecule has 0 bridgehead atoms. The van der Waals surface area contributed by atoms with Gasteiger partial charge in [0.15, 0.2) is 0 Å². The molecule has 1 aromatic carbocycles. The highest BCUT2D eigenvalue weighted by Crippen LogP contribution is 2.25. The molecule has 2 heteroatoms. The zero-order valence-electron chi connectivity index (χ0n) is 11.2. The number of rotatable bonds is 6. The molecule has 0 radical (unpaired) electrons. The first-order valence-corrected chi connectivity index (χ1v) is 6.89. The van der Waals surface area contributed by atoms with Gasteiger partial charge in [-0.2, -0.15) is 0 Å². The van der Waals surface area contributed by atoms with E-state index in [9.17, 15) is 0 Å². The fraction of sp³-hybridized carbons (Fsp3) is 0.500. The van der Waals surface area contributed by atoms with Crippen molar-refractivity contribution in [1.82, 2.24) is 10.2 Å². The second-order valence-electron chi connectivity index (χ2n) is 4.70. The Balaban J connectivity index is 1.60. The molecule has 1 N–H and O–H groups in total. The van der Waals surface area contributed by atoms with Crippen LogP contribution in [0.3, 0.4) is 0 Å². The Morgan fingerprint density at radius 2 is 2.06 bits per heavy atom. The number of hydrogen-bond acceptors (Lipinski definition) is 2. The Morgan fingerprint density at radius 1 is 1.28 bits per heavy atom. The minimum atomic E-state index is 0.775. The average molecular weight is 242 g/mol. The molecule has 1 fully saturated rings. The second kappa shape index (κ2) is 7.20. The van der Waals surface area contributed by atoms with Crippen LogP contribution in [0, 0.1) is 11.8 Å². The second-order valence-corrected chi connectivity index (χ2v) is 4.70. The smallest absolute Gasteiger partial charge is 0.0580 e. The van der Waals surface area contributed by atoms with Gasteiger partial charge in [0.25, 0.3) is 0 Å². The summed E-state index contributed by atoms with van der Waals surface area (Å²) in [6.45, 7) is 6.37. The van der Waals surface area contributed by atoms with Crippen LogP contribution in [0.2, 0.25) is 0 Å². The molecule has 0 atom stereocenters. The molecule has 1 aromatic rings. The molecular weight excluding hydrogens is 220 g/mol. The first-order chi connectivity index (χ1) is 8.90. The highest BCUT2D eigenvalue weighted by Gasteiger charge is 2.26. The lowest BCUT2D eigenvalue weighted by atomic mass is 10.2. The molecule has 2 nitrogen and oxygen atoms in total. The van der Waals surface area contributed by atoms with Gasteiger partial charge in [0, 0.05) is 24.7 Å². The van der Waals surface area contributed by atoms with E-state index in [0.29, 0.717) is 0 Å². The molecule has 1 aliphatic carbocycles. The minimum absolute atomic E-state index is 0.775. The fourth-order valence-electron chi connectivity index (χ4n) is 2.08. The van der Waals surface area contributed by atoms with Crippen LogP contribution in [0.25, 0.3) is 0 Å². The van der Waals surface area contributed by atoms with E-state index in [1.807, 2.05) is 30.3 Å². The van der Waals surface area contributed by atoms with Crippen LogP contribution >= 0.6 is 0 Å². The highest BCUT2D eigenvalue weighted by atomic mass is 15.2. The zero-order valence-corrected chi connectivity index (χ0v) is 11.2. The number of likely N-dealkylation sites (N-methyl/N-ethyl adjacent to an activating group) is 1. The van der Waals surface area contributed by atoms with Gasteiger partial charge < -0.3 is 5.32 Å². The lowest BCUT2D eigenvalue weighted by molar-refractivity contribution is 0.279. The van der Waals surface area contributed by atoms with Gasteiger partial charge in [0.05, 0.1) is 6.54 Å². The van der Waals surface area contributed by atoms with Crippen LogP contribution < -0.4 is 5.32 Å². The normalized spacial score (nSPS) is 14.3. The maximum absolute atomic E-state index is 3.39. The fourth-order valence-corrected chi connectivity index (χ4v) is 2.08. The van der Waals surface area contributed by atoms with E-state index in [1.165, 1.54) is 19.4 Å². The van der Waals surface area contributed by atoms with Crippen LogP contribution in [0.4, 0.5) is 0 Å². The Labute approximate surface area is 110 Å². The summed E-state index contributed by atoms with van der Waals surface area (Å²) in [5.41, 5.74) is 1.09. The summed E-state index contributed by atoms with van der Waals surface area (Å²) >= 11 is 0. The van der Waals surface area contributed by atoms with E-state index in [4.69, 9.17) is 0 Å². The zero-order chi connectivity index (χ0) is 12.6. The van der Waals surface area contributed by atoms with E-state index in [1.54, 1.807) is 0 Å². The SMILES string of the molecule is CCN(CCNCC#Cc1ccccc1)C1CC1. The third kappa shape index (κ3) is 4.52. The highest BCUT2D eigenvalue weighted by molar-refractivity contribution is 5.33. The molecule has 0 unspecified atom stereocenters. The molecule has 1 saturated carbocycles. The molecule has 0 aliphatic heterocycles. The Hall–Kier alpha value is -1.30. The topological polar surface area (TPSA) is 15.3 Å². The summed E-state index contributed by atoms with van der Waals surface area (Å²) < 4.78 is 0. The predicted octanol–water partition coefficient (Wildman–Crippen LogP) is 2.11. The summed E-state index contributed by atoms with van der Waals surface area (Å²) in [7, 11) is 0. The van der Waals surface area contributed by atoms with Crippen LogP contribution in [0.1, 0.15) is 25.3 Å². The number of hydrogen-bond donors (Lipinski definition) is 1. The first-order valence-electron chi connectivity index (χ1n) is 6.89. The van der Waals surface area contributed by atoms with Crippen molar-refractivity contribution in [2.24, 2.45) is 0 Å². The maximum atomic E-state index is 3.39. The minimum Gasteiger partial charge on any atom is -0.305 e. The van der Waals surface area contributed by atoms with Crippen molar-refractivity contribution in [2.45, 2.75) is 25.8 Å². The molecule has 0 saturated heterocycles. The summed E-state index contributed by atoms with van der Waals surface area (Å²) in [5.74, 6) is 6.31. The van der Waals surface area contributed by atoms with Gasteiger partial charge in [0.1, 0.15) is 0 Å². The largest absolute Gasteiger partial charge is 0.305 e. The molecular formula is C16H22N2. The monoisotopic (exact) mass is 242 g/mol. The Kier molecular flexibility index (Phi) is 5.26. The van der Waals surface area contributed by atoms with Crippen molar-refractivity contribution in [3.05, 3.63) is 35.9 Å². The van der Waals surface area contributed by atoms with Crippen LogP contribution in [0.5, 0.6) is 0 Å². The van der Waals surface area contributed by atoms with Crippen LogP contribution in [-0.4, -0.2) is 37.1 Å². The van der Waals surface area contributed by atoms with Gasteiger partial charge in [-0.3, -0.25) is 4.90 Å². The standard InChI is InChI=1S/C16H22N2/c1-2-18(16-10-11-16)14-13-17-12-6-9-15-7-4-3-5-8-15/h3-5,7-8,16-17H,2,10-14H2,1H3. The Bertz CT molecular complexity index is 398. The molecule has 1 aliphatic rings. The van der Waals surface area contributed by atoms with Gasteiger partial charge >= 0.3 is 0 Å². The predicted molar refractivity (Wildman–Crippen MR) is 76.5 cm³/mol. The molecule has 0 aromatic heterocycles. The van der Waals surface area contributed by atoms with Crippen molar-refractivity contribution < 1.29 is 0 Å². The van der Waals surface area contributed by atoms with Crippen molar-refractivity contribution in [2.75, 3.05) is 26.2 Å². The van der Waals surface area contributed by atoms with E-state index in [0.717, 1.165) is 31.2 Å². The number of benzene rings is 1. The maximum Gasteiger partial charge on any atom is 0.0580 e. The van der Waals surface area contributed by atoms with Crippen molar-refractivity contribution in [1.29, 1.82) is 0 Å². The summed E-state index contributed by atoms with van der Waals surface area (Å²) in [4.78, 5) is 2.55. The van der Waals surface area contributed by atoms with Gasteiger partial charge in [-0.15, -0.1) is 0 Å². The quantitative estimate of drug-likeness (QED) is 0.607. The van der Waals surface area contributed by atoms with Crippen molar-refractivity contribution >= 4 is 0 Å². The van der Waals surface area contributed by atoms with Gasteiger partial charge in [0.2, 0.25) is 0 Å². The van der Waals surface area contributed by atoms with Crippen LogP contribution in [0.15, 0.2) is 30.3 Å². The summed E-state index contributed by atoms with van der Waals surface area (Å²) in [6, 6.07) is 11.0. The Morgan fingerprint density at radius 3 is 2.72 bits per heavy atom. The lowest BCUT2D eigenvalue weighted by Crippen LogP contribution is -2.33. The number of nitrogens with zero attached hydrogens (tertiary/aromatic N) is 1. The third-order valence-electron chi connectivity index (χ3n) is 3.27. The van der Waals surface area contributed by atoms with E-state index < -0.39 is 0 Å².